The van der Waals surface area contributed by atoms with Crippen molar-refractivity contribution in [3.05, 3.63) is 60.2 Å². The molecule has 0 unspecified atom stereocenters. The van der Waals surface area contributed by atoms with Gasteiger partial charge in [-0.15, -0.1) is 0 Å². The number of oxime groups is 1. The summed E-state index contributed by atoms with van der Waals surface area (Å²) in [5.74, 6) is -0.404. The van der Waals surface area contributed by atoms with Crippen molar-refractivity contribution in [2.45, 2.75) is 17.4 Å². The Kier molecular flexibility index (Phi) is 4.35. The fourth-order valence-corrected chi connectivity index (χ4v) is 3.03. The minimum atomic E-state index is -3.33. The van der Waals surface area contributed by atoms with Gasteiger partial charge in [-0.05, 0) is 23.8 Å². The Balaban J connectivity index is 1.68. The number of hydrogen-bond donors (Lipinski definition) is 1. The molecule has 0 saturated carbocycles. The molecule has 1 amide bonds. The molecule has 0 fully saturated rings. The Bertz CT molecular complexity index is 892. The molecule has 1 aliphatic rings. The zero-order chi connectivity index (χ0) is 17.2. The molecule has 0 radical (unpaired) electrons. The van der Waals surface area contributed by atoms with E-state index in [4.69, 9.17) is 4.84 Å². The van der Waals surface area contributed by atoms with Crippen LogP contribution in [0.5, 0.6) is 0 Å². The van der Waals surface area contributed by atoms with Gasteiger partial charge in [-0.25, -0.2) is 8.42 Å². The maximum atomic E-state index is 12.3. The number of amides is 1. The lowest BCUT2D eigenvalue weighted by Gasteiger charge is -2.08. The van der Waals surface area contributed by atoms with Gasteiger partial charge >= 0.3 is 0 Å². The largest absolute Gasteiger partial charge is 0.387 e. The molecule has 0 spiro atoms. The molecule has 2 aromatic rings. The van der Waals surface area contributed by atoms with Gasteiger partial charge in [0.05, 0.1) is 4.90 Å². The lowest BCUT2D eigenvalue weighted by Crippen LogP contribution is -2.22. The van der Waals surface area contributed by atoms with Gasteiger partial charge in [-0.2, -0.15) is 0 Å². The highest BCUT2D eigenvalue weighted by atomic mass is 32.2. The van der Waals surface area contributed by atoms with Crippen LogP contribution in [-0.4, -0.2) is 26.3 Å². The highest BCUT2D eigenvalue weighted by molar-refractivity contribution is 7.90. The first-order valence-electron chi connectivity index (χ1n) is 7.32. The van der Waals surface area contributed by atoms with Gasteiger partial charge in [0.1, 0.15) is 5.71 Å². The number of hydrogen-bond acceptors (Lipinski definition) is 5. The Morgan fingerprint density at radius 1 is 1.17 bits per heavy atom. The third kappa shape index (κ3) is 3.62. The molecule has 2 aromatic carbocycles. The lowest BCUT2D eigenvalue weighted by atomic mass is 10.0. The minimum Gasteiger partial charge on any atom is -0.387 e. The number of rotatable bonds is 4. The first-order valence-corrected chi connectivity index (χ1v) is 9.22. The van der Waals surface area contributed by atoms with E-state index in [1.807, 2.05) is 30.3 Å². The van der Waals surface area contributed by atoms with Crippen LogP contribution in [-0.2, 0) is 19.5 Å². The van der Waals surface area contributed by atoms with Crippen molar-refractivity contribution < 1.29 is 18.0 Å². The molecular weight excluding hydrogens is 328 g/mol. The van der Waals surface area contributed by atoms with Gasteiger partial charge in [-0.3, -0.25) is 4.79 Å². The molecule has 1 atom stereocenters. The standard InChI is InChI=1S/C17H16N2O4S/c1-24(21,22)14-9-5-8-13(10-14)18-17(20)15-11-16(23-19-15)12-6-3-2-4-7-12/h2-10,16H,11H2,1H3,(H,18,20)/t16-/m0/s1. The van der Waals surface area contributed by atoms with Crippen LogP contribution in [0.15, 0.2) is 64.6 Å². The summed E-state index contributed by atoms with van der Waals surface area (Å²) in [5.41, 5.74) is 1.62. The van der Waals surface area contributed by atoms with Crippen LogP contribution in [0.25, 0.3) is 0 Å². The summed E-state index contributed by atoms with van der Waals surface area (Å²) in [5, 5.41) is 6.50. The highest BCUT2D eigenvalue weighted by Gasteiger charge is 2.27. The van der Waals surface area contributed by atoms with Crippen LogP contribution in [0.1, 0.15) is 18.1 Å². The molecule has 7 heteroatoms. The maximum Gasteiger partial charge on any atom is 0.273 e. The summed E-state index contributed by atoms with van der Waals surface area (Å²) in [4.78, 5) is 17.7. The van der Waals surface area contributed by atoms with Crippen molar-refractivity contribution in [2.24, 2.45) is 5.16 Å². The molecule has 6 nitrogen and oxygen atoms in total. The Labute approximate surface area is 140 Å². The lowest BCUT2D eigenvalue weighted by molar-refractivity contribution is -0.110. The smallest absolute Gasteiger partial charge is 0.273 e. The topological polar surface area (TPSA) is 84.8 Å². The van der Waals surface area contributed by atoms with E-state index in [2.05, 4.69) is 10.5 Å². The maximum absolute atomic E-state index is 12.3. The van der Waals surface area contributed by atoms with Gasteiger partial charge in [0.2, 0.25) is 0 Å². The summed E-state index contributed by atoms with van der Waals surface area (Å²) < 4.78 is 23.1. The minimum absolute atomic E-state index is 0.145. The monoisotopic (exact) mass is 344 g/mol. The summed E-state index contributed by atoms with van der Waals surface area (Å²) in [6.45, 7) is 0. The highest BCUT2D eigenvalue weighted by Crippen LogP contribution is 2.27. The molecule has 1 aliphatic heterocycles. The number of nitrogens with zero attached hydrogens (tertiary/aromatic N) is 1. The summed E-state index contributed by atoms with van der Waals surface area (Å²) >= 11 is 0. The summed E-state index contributed by atoms with van der Waals surface area (Å²) in [6.07, 6.45) is 1.20. The van der Waals surface area contributed by atoms with Crippen molar-refractivity contribution in [3.8, 4) is 0 Å². The normalized spacial score (nSPS) is 17.0. The SMILES string of the molecule is CS(=O)(=O)c1cccc(NC(=O)C2=NO[C@H](c3ccccc3)C2)c1. The molecule has 124 valence electrons. The van der Waals surface area contributed by atoms with E-state index in [1.54, 1.807) is 12.1 Å². The molecule has 1 N–H and O–H groups in total. The van der Waals surface area contributed by atoms with Crippen LogP contribution < -0.4 is 5.32 Å². The van der Waals surface area contributed by atoms with Gasteiger partial charge < -0.3 is 10.2 Å². The average Bonchev–Trinajstić information content (AvgIpc) is 3.05. The van der Waals surface area contributed by atoms with E-state index in [0.717, 1.165) is 11.8 Å². The van der Waals surface area contributed by atoms with E-state index in [-0.39, 0.29) is 16.7 Å². The van der Waals surface area contributed by atoms with E-state index in [1.165, 1.54) is 12.1 Å². The van der Waals surface area contributed by atoms with Crippen molar-refractivity contribution in [1.82, 2.24) is 0 Å². The number of benzene rings is 2. The Morgan fingerprint density at radius 2 is 1.92 bits per heavy atom. The van der Waals surface area contributed by atoms with Crippen LogP contribution >= 0.6 is 0 Å². The molecule has 3 rings (SSSR count). The second-order valence-corrected chi connectivity index (χ2v) is 7.52. The first kappa shape index (κ1) is 16.2. The fourth-order valence-electron chi connectivity index (χ4n) is 2.37. The molecular formula is C17H16N2O4S. The summed E-state index contributed by atoms with van der Waals surface area (Å²) in [6, 6.07) is 15.6. The molecule has 0 aliphatic carbocycles. The summed E-state index contributed by atoms with van der Waals surface area (Å²) in [7, 11) is -3.33. The van der Waals surface area contributed by atoms with Crippen molar-refractivity contribution >= 4 is 27.1 Å². The first-order chi connectivity index (χ1) is 11.4. The second-order valence-electron chi connectivity index (χ2n) is 5.50. The van der Waals surface area contributed by atoms with Gasteiger partial charge in [0, 0.05) is 18.4 Å². The Hall–Kier alpha value is -2.67. The van der Waals surface area contributed by atoms with E-state index in [0.29, 0.717) is 12.1 Å². The van der Waals surface area contributed by atoms with Crippen LogP contribution in [0, 0.1) is 0 Å². The number of carbonyl (C=O) groups excluding carboxylic acids is 1. The second kappa shape index (κ2) is 6.45. The third-order valence-electron chi connectivity index (χ3n) is 3.62. The predicted octanol–water partition coefficient (Wildman–Crippen LogP) is 2.55. The zero-order valence-corrected chi connectivity index (χ0v) is 13.8. The van der Waals surface area contributed by atoms with Crippen LogP contribution in [0.2, 0.25) is 0 Å². The van der Waals surface area contributed by atoms with E-state index >= 15 is 0 Å². The van der Waals surface area contributed by atoms with Crippen molar-refractivity contribution in [2.75, 3.05) is 11.6 Å². The van der Waals surface area contributed by atoms with Crippen LogP contribution in [0.4, 0.5) is 5.69 Å². The molecule has 24 heavy (non-hydrogen) atoms. The van der Waals surface area contributed by atoms with Gasteiger partial charge in [-0.1, -0.05) is 41.6 Å². The van der Waals surface area contributed by atoms with E-state index < -0.39 is 15.7 Å². The Morgan fingerprint density at radius 3 is 2.62 bits per heavy atom. The van der Waals surface area contributed by atoms with Crippen molar-refractivity contribution in [1.29, 1.82) is 0 Å². The third-order valence-corrected chi connectivity index (χ3v) is 4.73. The number of anilines is 1. The quantitative estimate of drug-likeness (QED) is 0.924. The van der Waals surface area contributed by atoms with Crippen LogP contribution in [0.3, 0.4) is 0 Å². The number of nitrogens with one attached hydrogen (secondary N) is 1. The fraction of sp³-hybridized carbons (Fsp3) is 0.176. The van der Waals surface area contributed by atoms with Gasteiger partial charge in [0.25, 0.3) is 5.91 Å². The van der Waals surface area contributed by atoms with E-state index in [9.17, 15) is 13.2 Å². The molecule has 1 heterocycles. The molecule has 0 bridgehead atoms. The zero-order valence-electron chi connectivity index (χ0n) is 13.0. The van der Waals surface area contributed by atoms with Crippen molar-refractivity contribution in [3.63, 3.8) is 0 Å². The van der Waals surface area contributed by atoms with Gasteiger partial charge in [0.15, 0.2) is 15.9 Å². The average molecular weight is 344 g/mol. The number of carbonyl (C=O) groups is 1. The molecule has 0 saturated heterocycles. The number of sulfone groups is 1. The molecule has 0 aromatic heterocycles. The predicted molar refractivity (Wildman–Crippen MR) is 90.5 cm³/mol.